The van der Waals surface area contributed by atoms with E-state index in [1.165, 1.54) is 0 Å². The zero-order valence-electron chi connectivity index (χ0n) is 6.62. The third kappa shape index (κ3) is 12.6. The second-order valence-corrected chi connectivity index (χ2v) is 4.66. The average molecular weight is 306 g/mol. The van der Waals surface area contributed by atoms with Crippen molar-refractivity contribution in [3.05, 3.63) is 0 Å². The number of alkyl halides is 2. The van der Waals surface area contributed by atoms with E-state index >= 15 is 0 Å². The van der Waals surface area contributed by atoms with Gasteiger partial charge < -0.3 is 10.2 Å². The second-order valence-electron chi connectivity index (χ2n) is 1.91. The van der Waals surface area contributed by atoms with Crippen molar-refractivity contribution >= 4 is 43.8 Å². The highest BCUT2D eigenvalue weighted by Crippen LogP contribution is 1.94. The molecule has 0 saturated carbocycles. The number of carboxylic acid groups (broad SMARTS) is 2. The van der Waals surface area contributed by atoms with Gasteiger partial charge in [-0.3, -0.25) is 9.59 Å². The molecule has 0 radical (unpaired) electrons. The minimum Gasteiger partial charge on any atom is -0.480 e. The van der Waals surface area contributed by atoms with E-state index in [2.05, 4.69) is 31.9 Å². The van der Waals surface area contributed by atoms with Crippen molar-refractivity contribution in [3.63, 3.8) is 0 Å². The number of hydrogen-bond acceptors (Lipinski definition) is 2. The van der Waals surface area contributed by atoms with Crippen LogP contribution in [0.2, 0.25) is 0 Å². The van der Waals surface area contributed by atoms with Crippen LogP contribution >= 0.6 is 31.9 Å². The predicted octanol–water partition coefficient (Wildman–Crippen LogP) is 1.71. The van der Waals surface area contributed by atoms with Gasteiger partial charge in [0.25, 0.3) is 0 Å². The summed E-state index contributed by atoms with van der Waals surface area (Å²) in [6.07, 6.45) is 0. The third-order valence-electron chi connectivity index (χ3n) is 0.681. The van der Waals surface area contributed by atoms with Crippen LogP contribution in [0.15, 0.2) is 0 Å². The Kier molecular flexibility index (Phi) is 9.07. The molecule has 0 aliphatic carbocycles. The minimum absolute atomic E-state index is 0.419. The molecule has 0 fully saturated rings. The molecule has 6 heteroatoms. The molecule has 2 unspecified atom stereocenters. The summed E-state index contributed by atoms with van der Waals surface area (Å²) >= 11 is 5.68. The van der Waals surface area contributed by atoms with Crippen molar-refractivity contribution in [2.24, 2.45) is 0 Å². The second kappa shape index (κ2) is 7.54. The Bertz CT molecular complexity index is 138. The Morgan fingerprint density at radius 3 is 1.08 bits per heavy atom. The molecule has 2 atom stereocenters. The largest absolute Gasteiger partial charge is 0.480 e. The first-order valence-corrected chi connectivity index (χ1v) is 4.86. The monoisotopic (exact) mass is 304 g/mol. The van der Waals surface area contributed by atoms with Gasteiger partial charge in [0.1, 0.15) is 9.65 Å². The summed E-state index contributed by atoms with van der Waals surface area (Å²) < 4.78 is 0. The van der Waals surface area contributed by atoms with Gasteiger partial charge in [-0.2, -0.15) is 0 Å². The minimum atomic E-state index is -0.824. The van der Waals surface area contributed by atoms with Crippen LogP contribution in [0.4, 0.5) is 0 Å². The number of hydrogen-bond donors (Lipinski definition) is 2. The van der Waals surface area contributed by atoms with E-state index in [1.54, 1.807) is 13.8 Å². The van der Waals surface area contributed by atoms with Crippen molar-refractivity contribution in [2.45, 2.75) is 23.5 Å². The van der Waals surface area contributed by atoms with Gasteiger partial charge in [-0.05, 0) is 13.8 Å². The number of carbonyl (C=O) groups is 2. The normalized spacial score (nSPS) is 13.7. The van der Waals surface area contributed by atoms with Gasteiger partial charge in [0, 0.05) is 0 Å². The lowest BCUT2D eigenvalue weighted by atomic mass is 10.5. The van der Waals surface area contributed by atoms with E-state index < -0.39 is 21.6 Å². The lowest BCUT2D eigenvalue weighted by Gasteiger charge is -1.87. The Labute approximate surface area is 87.2 Å². The number of aliphatic carboxylic acids is 2. The third-order valence-corrected chi connectivity index (χ3v) is 1.46. The number of halogens is 2. The summed E-state index contributed by atoms with van der Waals surface area (Å²) in [6, 6.07) is 0. The van der Waals surface area contributed by atoms with Gasteiger partial charge in [-0.15, -0.1) is 0 Å². The fourth-order valence-corrected chi connectivity index (χ4v) is 0. The van der Waals surface area contributed by atoms with Crippen molar-refractivity contribution in [2.75, 3.05) is 0 Å². The van der Waals surface area contributed by atoms with Crippen molar-refractivity contribution in [1.29, 1.82) is 0 Å². The smallest absolute Gasteiger partial charge is 0.316 e. The van der Waals surface area contributed by atoms with Gasteiger partial charge in [0.15, 0.2) is 0 Å². The molecular formula is C6H10Br2O4. The Morgan fingerprint density at radius 2 is 1.08 bits per heavy atom. The molecule has 0 bridgehead atoms. The van der Waals surface area contributed by atoms with Gasteiger partial charge >= 0.3 is 11.9 Å². The molecule has 0 amide bonds. The molecule has 4 nitrogen and oxygen atoms in total. The van der Waals surface area contributed by atoms with E-state index in [0.717, 1.165) is 0 Å². The molecule has 0 aliphatic heterocycles. The van der Waals surface area contributed by atoms with Crippen LogP contribution in [0, 0.1) is 0 Å². The molecule has 0 saturated heterocycles. The molecule has 12 heavy (non-hydrogen) atoms. The maximum Gasteiger partial charge on any atom is 0.316 e. The maximum atomic E-state index is 9.65. The molecule has 0 aromatic rings. The molecule has 0 spiro atoms. The van der Waals surface area contributed by atoms with E-state index in [-0.39, 0.29) is 0 Å². The van der Waals surface area contributed by atoms with E-state index in [4.69, 9.17) is 10.2 Å². The lowest BCUT2D eigenvalue weighted by Crippen LogP contribution is -2.06. The van der Waals surface area contributed by atoms with Gasteiger partial charge in [-0.25, -0.2) is 0 Å². The summed E-state index contributed by atoms with van der Waals surface area (Å²) in [5, 5.41) is 15.9. The zero-order chi connectivity index (χ0) is 10.3. The average Bonchev–Trinajstić information content (AvgIpc) is 1.88. The van der Waals surface area contributed by atoms with E-state index in [0.29, 0.717) is 0 Å². The predicted molar refractivity (Wildman–Crippen MR) is 52.0 cm³/mol. The van der Waals surface area contributed by atoms with Crippen LogP contribution in [-0.2, 0) is 9.59 Å². The standard InChI is InChI=1S/2C3H5BrO2/c2*1-2(4)3(5)6/h2*2H,1H3,(H,5,6). The number of rotatable bonds is 2. The lowest BCUT2D eigenvalue weighted by molar-refractivity contribution is -0.136. The van der Waals surface area contributed by atoms with Crippen molar-refractivity contribution in [3.8, 4) is 0 Å². The fraction of sp³-hybridized carbons (Fsp3) is 0.667. The molecule has 0 aromatic carbocycles. The fourth-order valence-electron chi connectivity index (χ4n) is 0. The molecule has 2 N–H and O–H groups in total. The zero-order valence-corrected chi connectivity index (χ0v) is 9.79. The molecule has 0 aliphatic rings. The highest BCUT2D eigenvalue weighted by molar-refractivity contribution is 9.10. The topological polar surface area (TPSA) is 74.6 Å². The van der Waals surface area contributed by atoms with Crippen LogP contribution in [-0.4, -0.2) is 31.8 Å². The van der Waals surface area contributed by atoms with Crippen LogP contribution in [0.25, 0.3) is 0 Å². The van der Waals surface area contributed by atoms with Gasteiger partial charge in [-0.1, -0.05) is 31.9 Å². The molecule has 0 heterocycles. The van der Waals surface area contributed by atoms with Crippen LogP contribution in [0.1, 0.15) is 13.8 Å². The van der Waals surface area contributed by atoms with Crippen LogP contribution in [0.3, 0.4) is 0 Å². The van der Waals surface area contributed by atoms with Crippen LogP contribution in [0.5, 0.6) is 0 Å². The van der Waals surface area contributed by atoms with E-state index in [9.17, 15) is 9.59 Å². The van der Waals surface area contributed by atoms with Crippen molar-refractivity contribution in [1.82, 2.24) is 0 Å². The van der Waals surface area contributed by atoms with E-state index in [1.807, 2.05) is 0 Å². The van der Waals surface area contributed by atoms with Gasteiger partial charge in [0.2, 0.25) is 0 Å². The first-order valence-electron chi connectivity index (χ1n) is 3.02. The molecule has 72 valence electrons. The Morgan fingerprint density at radius 1 is 1.00 bits per heavy atom. The maximum absolute atomic E-state index is 9.65. The van der Waals surface area contributed by atoms with Crippen LogP contribution < -0.4 is 0 Å². The first kappa shape index (κ1) is 14.4. The highest BCUT2D eigenvalue weighted by atomic mass is 79.9. The summed E-state index contributed by atoms with van der Waals surface area (Å²) in [7, 11) is 0. The Hall–Kier alpha value is -0.100. The highest BCUT2D eigenvalue weighted by Gasteiger charge is 2.02. The van der Waals surface area contributed by atoms with Gasteiger partial charge in [0.05, 0.1) is 0 Å². The quantitative estimate of drug-likeness (QED) is 0.762. The molecule has 0 rings (SSSR count). The summed E-state index contributed by atoms with van der Waals surface area (Å²) in [6.45, 7) is 3.12. The molecular weight excluding hydrogens is 296 g/mol. The van der Waals surface area contributed by atoms with Crippen molar-refractivity contribution < 1.29 is 19.8 Å². The first-order chi connectivity index (χ1) is 5.29. The SMILES string of the molecule is CC(Br)C(=O)O.CC(Br)C(=O)O. The summed E-state index contributed by atoms with van der Waals surface area (Å²) in [5.41, 5.74) is 0. The summed E-state index contributed by atoms with van der Waals surface area (Å²) in [5.74, 6) is -1.65. The summed E-state index contributed by atoms with van der Waals surface area (Å²) in [4.78, 5) is 18.5. The number of carboxylic acids is 2. The molecule has 0 aromatic heterocycles. The Balaban J connectivity index is 0.